The highest BCUT2D eigenvalue weighted by atomic mass is 32.1. The van der Waals surface area contributed by atoms with Gasteiger partial charge in [-0.3, -0.25) is 9.59 Å². The first-order chi connectivity index (χ1) is 14.0. The summed E-state index contributed by atoms with van der Waals surface area (Å²) in [5.74, 6) is 1.12. The number of nitrogens with one attached hydrogen (secondary N) is 1. The number of aryl methyl sites for hydroxylation is 1. The molecule has 2 aliphatic rings. The highest BCUT2D eigenvalue weighted by Crippen LogP contribution is 2.34. The van der Waals surface area contributed by atoms with Gasteiger partial charge in [-0.1, -0.05) is 13.8 Å². The van der Waals surface area contributed by atoms with E-state index in [2.05, 4.69) is 10.2 Å². The van der Waals surface area contributed by atoms with Crippen LogP contribution in [0.2, 0.25) is 0 Å². The van der Waals surface area contributed by atoms with Crippen LogP contribution in [0.25, 0.3) is 0 Å². The molecule has 3 heterocycles. The van der Waals surface area contributed by atoms with Crippen molar-refractivity contribution < 1.29 is 14.0 Å². The Morgan fingerprint density at radius 3 is 2.79 bits per heavy atom. The summed E-state index contributed by atoms with van der Waals surface area (Å²) in [6.07, 6.45) is 4.04. The molecule has 1 fully saturated rings. The molecule has 2 aromatic rings. The number of furan rings is 1. The van der Waals surface area contributed by atoms with Gasteiger partial charge in [-0.25, -0.2) is 4.98 Å². The second-order valence-electron chi connectivity index (χ2n) is 8.07. The van der Waals surface area contributed by atoms with Crippen molar-refractivity contribution in [3.05, 3.63) is 34.7 Å². The molecule has 0 spiro atoms. The molecule has 4 rings (SSSR count). The lowest BCUT2D eigenvalue weighted by Gasteiger charge is -2.35. The van der Waals surface area contributed by atoms with E-state index in [0.29, 0.717) is 6.54 Å². The zero-order valence-electron chi connectivity index (χ0n) is 17.0. The monoisotopic (exact) mass is 416 g/mol. The van der Waals surface area contributed by atoms with E-state index in [0.717, 1.165) is 62.0 Å². The third-order valence-electron chi connectivity index (χ3n) is 5.67. The number of hydrogen-bond donors (Lipinski definition) is 1. The number of rotatable bonds is 5. The standard InChI is InChI=1S/C21H28N4O3S/c1-14(2)20(27)24-7-9-25(10-8-24)21-23-17-6-5-15(12-18(17)29-21)19(26)22-13-16-4-3-11-28-16/h3-4,11,14-15H,5-10,12-13H2,1-2H3,(H,22,26)/t15-/m0/s1. The quantitative estimate of drug-likeness (QED) is 0.810. The Balaban J connectivity index is 1.33. The van der Waals surface area contributed by atoms with Gasteiger partial charge in [0.15, 0.2) is 5.13 Å². The summed E-state index contributed by atoms with van der Waals surface area (Å²) in [7, 11) is 0. The van der Waals surface area contributed by atoms with Crippen LogP contribution in [0.3, 0.4) is 0 Å². The van der Waals surface area contributed by atoms with Gasteiger partial charge in [0.1, 0.15) is 5.76 Å². The van der Waals surface area contributed by atoms with E-state index in [-0.39, 0.29) is 23.7 Å². The lowest BCUT2D eigenvalue weighted by molar-refractivity contribution is -0.134. The minimum absolute atomic E-state index is 0.00808. The Labute approximate surface area is 175 Å². The van der Waals surface area contributed by atoms with Crippen LogP contribution >= 0.6 is 11.3 Å². The summed E-state index contributed by atoms with van der Waals surface area (Å²) < 4.78 is 5.28. The number of thiazole rings is 1. The van der Waals surface area contributed by atoms with Crippen LogP contribution in [0.4, 0.5) is 5.13 Å². The van der Waals surface area contributed by atoms with Gasteiger partial charge in [0.05, 0.1) is 18.5 Å². The highest BCUT2D eigenvalue weighted by molar-refractivity contribution is 7.15. The number of carbonyl (C=O) groups is 2. The minimum atomic E-state index is -0.00808. The van der Waals surface area contributed by atoms with Crippen LogP contribution in [0.15, 0.2) is 22.8 Å². The topological polar surface area (TPSA) is 78.7 Å². The molecule has 0 radical (unpaired) electrons. The second-order valence-corrected chi connectivity index (χ2v) is 9.13. The SMILES string of the molecule is CC(C)C(=O)N1CCN(c2nc3c(s2)C[C@@H](C(=O)NCc2ccco2)CC3)CC1. The Bertz CT molecular complexity index is 853. The maximum atomic E-state index is 12.6. The summed E-state index contributed by atoms with van der Waals surface area (Å²) in [4.78, 5) is 35.0. The van der Waals surface area contributed by atoms with Crippen LogP contribution in [-0.2, 0) is 29.0 Å². The molecule has 0 bridgehead atoms. The lowest BCUT2D eigenvalue weighted by Crippen LogP contribution is -2.49. The summed E-state index contributed by atoms with van der Waals surface area (Å²) in [5.41, 5.74) is 1.14. The van der Waals surface area contributed by atoms with Crippen LogP contribution in [0, 0.1) is 11.8 Å². The highest BCUT2D eigenvalue weighted by Gasteiger charge is 2.30. The number of aromatic nitrogens is 1. The van der Waals surface area contributed by atoms with E-state index < -0.39 is 0 Å². The van der Waals surface area contributed by atoms with E-state index in [1.807, 2.05) is 30.9 Å². The van der Waals surface area contributed by atoms with Crippen LogP contribution in [-0.4, -0.2) is 47.9 Å². The number of carbonyl (C=O) groups excluding carboxylic acids is 2. The fourth-order valence-corrected chi connectivity index (χ4v) is 5.17. The van der Waals surface area contributed by atoms with E-state index in [9.17, 15) is 9.59 Å². The molecule has 1 saturated heterocycles. The van der Waals surface area contributed by atoms with Crippen molar-refractivity contribution >= 4 is 28.3 Å². The Hall–Kier alpha value is -2.35. The summed E-state index contributed by atoms with van der Waals surface area (Å²) in [6.45, 7) is 7.46. The van der Waals surface area contributed by atoms with Gasteiger partial charge in [0.25, 0.3) is 0 Å². The second kappa shape index (κ2) is 8.57. The normalized spacial score (nSPS) is 19.3. The molecule has 7 nitrogen and oxygen atoms in total. The first-order valence-corrected chi connectivity index (χ1v) is 11.2. The Morgan fingerprint density at radius 1 is 1.31 bits per heavy atom. The molecule has 2 amide bonds. The maximum absolute atomic E-state index is 12.6. The number of nitrogens with zero attached hydrogens (tertiary/aromatic N) is 3. The predicted molar refractivity (Wildman–Crippen MR) is 112 cm³/mol. The van der Waals surface area contributed by atoms with E-state index >= 15 is 0 Å². The smallest absolute Gasteiger partial charge is 0.225 e. The van der Waals surface area contributed by atoms with Crippen molar-refractivity contribution in [1.29, 1.82) is 0 Å². The van der Waals surface area contributed by atoms with Gasteiger partial charge < -0.3 is 19.5 Å². The molecule has 1 atom stereocenters. The van der Waals surface area contributed by atoms with Crippen LogP contribution in [0.5, 0.6) is 0 Å². The van der Waals surface area contributed by atoms with Gasteiger partial charge in [-0.15, -0.1) is 11.3 Å². The molecule has 1 aliphatic heterocycles. The molecule has 156 valence electrons. The van der Waals surface area contributed by atoms with Crippen LogP contribution < -0.4 is 10.2 Å². The largest absolute Gasteiger partial charge is 0.467 e. The Kier molecular flexibility index (Phi) is 5.89. The van der Waals surface area contributed by atoms with Gasteiger partial charge in [-0.2, -0.15) is 0 Å². The fraction of sp³-hybridized carbons (Fsp3) is 0.571. The average molecular weight is 417 g/mol. The van der Waals surface area contributed by atoms with Crippen molar-refractivity contribution in [1.82, 2.24) is 15.2 Å². The van der Waals surface area contributed by atoms with E-state index in [1.54, 1.807) is 17.6 Å². The zero-order chi connectivity index (χ0) is 20.4. The van der Waals surface area contributed by atoms with Gasteiger partial charge in [-0.05, 0) is 31.4 Å². The summed E-state index contributed by atoms with van der Waals surface area (Å²) in [5, 5.41) is 4.01. The van der Waals surface area contributed by atoms with Crippen molar-refractivity contribution in [2.75, 3.05) is 31.1 Å². The van der Waals surface area contributed by atoms with Gasteiger partial charge in [0, 0.05) is 42.9 Å². The zero-order valence-corrected chi connectivity index (χ0v) is 17.8. The van der Waals surface area contributed by atoms with Crippen molar-refractivity contribution in [2.45, 2.75) is 39.7 Å². The average Bonchev–Trinajstić information content (AvgIpc) is 3.40. The summed E-state index contributed by atoms with van der Waals surface area (Å²) in [6, 6.07) is 3.69. The molecule has 1 aliphatic carbocycles. The van der Waals surface area contributed by atoms with Gasteiger partial charge >= 0.3 is 0 Å². The minimum Gasteiger partial charge on any atom is -0.467 e. The molecule has 0 unspecified atom stereocenters. The number of hydrogen-bond acceptors (Lipinski definition) is 6. The van der Waals surface area contributed by atoms with Gasteiger partial charge in [0.2, 0.25) is 11.8 Å². The first-order valence-electron chi connectivity index (χ1n) is 10.3. The number of anilines is 1. The number of piperazine rings is 1. The fourth-order valence-electron chi connectivity index (χ4n) is 3.94. The molecule has 8 heteroatoms. The van der Waals surface area contributed by atoms with Crippen molar-refractivity contribution in [2.24, 2.45) is 11.8 Å². The lowest BCUT2D eigenvalue weighted by atomic mass is 9.90. The van der Waals surface area contributed by atoms with Crippen LogP contribution in [0.1, 0.15) is 36.6 Å². The molecule has 29 heavy (non-hydrogen) atoms. The third-order valence-corrected chi connectivity index (χ3v) is 6.85. The van der Waals surface area contributed by atoms with Crippen molar-refractivity contribution in [3.63, 3.8) is 0 Å². The molecular weight excluding hydrogens is 388 g/mol. The molecule has 2 aromatic heterocycles. The number of amides is 2. The summed E-state index contributed by atoms with van der Waals surface area (Å²) >= 11 is 1.71. The number of fused-ring (bicyclic) bond motifs is 1. The molecule has 0 aromatic carbocycles. The molecule has 1 N–H and O–H groups in total. The molecule has 0 saturated carbocycles. The van der Waals surface area contributed by atoms with E-state index in [4.69, 9.17) is 9.40 Å². The van der Waals surface area contributed by atoms with Crippen molar-refractivity contribution in [3.8, 4) is 0 Å². The molecular formula is C21H28N4O3S. The Morgan fingerprint density at radius 2 is 2.10 bits per heavy atom. The first kappa shape index (κ1) is 19.9. The van der Waals surface area contributed by atoms with E-state index in [1.165, 1.54) is 4.88 Å². The maximum Gasteiger partial charge on any atom is 0.225 e. The third kappa shape index (κ3) is 4.47. The predicted octanol–water partition coefficient (Wildman–Crippen LogP) is 2.46.